The smallest absolute Gasteiger partial charge is 0.173 e. The molecule has 4 heteroatoms. The van der Waals surface area contributed by atoms with Crippen molar-refractivity contribution in [3.63, 3.8) is 0 Å². The standard InChI is InChI=1S/C18H21F2NO.C2H6/c1-2-14(4-3-11-19)17(22)18(9-12-21-13-10-18)15-5-7-16(20)8-6-15;1-2/h2-7,11,16,21H,1,8-10,12-13H2;1-2H3/b11-3+,14-4+;. The van der Waals surface area contributed by atoms with Gasteiger partial charge in [0.25, 0.3) is 0 Å². The first-order valence-electron chi connectivity index (χ1n) is 8.52. The minimum absolute atomic E-state index is 0.0738. The average Bonchev–Trinajstić information content (AvgIpc) is 2.65. The minimum Gasteiger partial charge on any atom is -0.317 e. The second-order valence-corrected chi connectivity index (χ2v) is 5.58. The van der Waals surface area contributed by atoms with Gasteiger partial charge in [0.15, 0.2) is 5.78 Å². The van der Waals surface area contributed by atoms with Gasteiger partial charge in [-0.2, -0.15) is 0 Å². The SMILES string of the molecule is C=C/C(=C\C=C\F)C(=O)C1(C2=CCC(F)C=C2)CCNCC1.CC. The summed E-state index contributed by atoms with van der Waals surface area (Å²) in [6.07, 6.45) is 10.1. The Labute approximate surface area is 143 Å². The Bertz CT molecular complexity index is 552. The van der Waals surface area contributed by atoms with Gasteiger partial charge in [-0.25, -0.2) is 8.78 Å². The lowest BCUT2D eigenvalue weighted by molar-refractivity contribution is -0.123. The van der Waals surface area contributed by atoms with Crippen molar-refractivity contribution >= 4 is 5.78 Å². The van der Waals surface area contributed by atoms with Gasteiger partial charge in [-0.1, -0.05) is 44.7 Å². The molecule has 0 amide bonds. The molecule has 1 fully saturated rings. The zero-order valence-corrected chi connectivity index (χ0v) is 14.5. The molecule has 1 N–H and O–H groups in total. The third kappa shape index (κ3) is 4.60. The molecule has 0 saturated carbocycles. The van der Waals surface area contributed by atoms with Crippen molar-refractivity contribution < 1.29 is 13.6 Å². The maximum absolute atomic E-state index is 13.3. The first-order chi connectivity index (χ1) is 11.6. The van der Waals surface area contributed by atoms with Crippen molar-refractivity contribution in [3.05, 3.63) is 60.5 Å². The Kier molecular flexibility index (Phi) is 8.55. The van der Waals surface area contributed by atoms with Crippen LogP contribution >= 0.6 is 0 Å². The van der Waals surface area contributed by atoms with E-state index in [0.717, 1.165) is 18.7 Å². The van der Waals surface area contributed by atoms with Crippen LogP contribution in [0.3, 0.4) is 0 Å². The highest BCUT2D eigenvalue weighted by Gasteiger charge is 2.42. The number of carbonyl (C=O) groups excluding carboxylic acids is 1. The highest BCUT2D eigenvalue weighted by Crippen LogP contribution is 2.42. The number of hydrogen-bond acceptors (Lipinski definition) is 2. The lowest BCUT2D eigenvalue weighted by atomic mass is 9.66. The normalized spacial score (nSPS) is 23.2. The van der Waals surface area contributed by atoms with Gasteiger partial charge in [0, 0.05) is 12.0 Å². The van der Waals surface area contributed by atoms with Gasteiger partial charge >= 0.3 is 0 Å². The van der Waals surface area contributed by atoms with E-state index in [0.29, 0.717) is 31.2 Å². The first-order valence-corrected chi connectivity index (χ1v) is 8.52. The molecule has 0 spiro atoms. The molecule has 1 saturated heterocycles. The van der Waals surface area contributed by atoms with Gasteiger partial charge in [0.05, 0.1) is 11.7 Å². The molecule has 1 aliphatic carbocycles. The Morgan fingerprint density at radius 1 is 1.38 bits per heavy atom. The third-order valence-electron chi connectivity index (χ3n) is 4.32. The van der Waals surface area contributed by atoms with E-state index in [1.807, 2.05) is 19.9 Å². The fourth-order valence-corrected chi connectivity index (χ4v) is 3.10. The van der Waals surface area contributed by atoms with Crippen molar-refractivity contribution in [1.82, 2.24) is 5.32 Å². The van der Waals surface area contributed by atoms with Crippen LogP contribution in [-0.2, 0) is 4.79 Å². The summed E-state index contributed by atoms with van der Waals surface area (Å²) >= 11 is 0. The van der Waals surface area contributed by atoms with E-state index in [-0.39, 0.29) is 5.78 Å². The summed E-state index contributed by atoms with van der Waals surface area (Å²) in [7, 11) is 0. The Balaban J connectivity index is 0.00000139. The zero-order chi connectivity index (χ0) is 18.0. The van der Waals surface area contributed by atoms with Crippen molar-refractivity contribution in [1.29, 1.82) is 0 Å². The number of rotatable bonds is 5. The molecule has 2 rings (SSSR count). The van der Waals surface area contributed by atoms with Gasteiger partial charge < -0.3 is 5.32 Å². The summed E-state index contributed by atoms with van der Waals surface area (Å²) < 4.78 is 25.6. The summed E-state index contributed by atoms with van der Waals surface area (Å²) in [5.41, 5.74) is 0.573. The van der Waals surface area contributed by atoms with Gasteiger partial charge in [-0.05, 0) is 43.7 Å². The second-order valence-electron chi connectivity index (χ2n) is 5.58. The summed E-state index contributed by atoms with van der Waals surface area (Å²) in [5.74, 6) is -0.0738. The molecule has 0 aromatic rings. The van der Waals surface area contributed by atoms with E-state index in [4.69, 9.17) is 0 Å². The second kappa shape index (κ2) is 10.1. The maximum atomic E-state index is 13.3. The molecule has 24 heavy (non-hydrogen) atoms. The van der Waals surface area contributed by atoms with Crippen molar-refractivity contribution in [3.8, 4) is 0 Å². The highest BCUT2D eigenvalue weighted by atomic mass is 19.1. The molecule has 1 unspecified atom stereocenters. The number of ketones is 1. The number of carbonyl (C=O) groups is 1. The van der Waals surface area contributed by atoms with Crippen LogP contribution in [0.15, 0.2) is 60.5 Å². The van der Waals surface area contributed by atoms with E-state index < -0.39 is 11.6 Å². The number of piperidine rings is 1. The molecule has 1 aliphatic heterocycles. The van der Waals surface area contributed by atoms with Crippen molar-refractivity contribution in [2.45, 2.75) is 39.3 Å². The van der Waals surface area contributed by atoms with Gasteiger partial charge in [0.1, 0.15) is 6.17 Å². The fourth-order valence-electron chi connectivity index (χ4n) is 3.10. The zero-order valence-electron chi connectivity index (χ0n) is 14.5. The number of allylic oxidation sites excluding steroid dienone is 8. The van der Waals surface area contributed by atoms with Crippen LogP contribution in [0, 0.1) is 5.41 Å². The van der Waals surface area contributed by atoms with Gasteiger partial charge in [-0.15, -0.1) is 0 Å². The van der Waals surface area contributed by atoms with E-state index in [2.05, 4.69) is 11.9 Å². The van der Waals surface area contributed by atoms with Crippen LogP contribution in [0.1, 0.15) is 33.1 Å². The van der Waals surface area contributed by atoms with E-state index in [1.165, 1.54) is 24.3 Å². The predicted molar refractivity (Wildman–Crippen MR) is 96.2 cm³/mol. The minimum atomic E-state index is -0.985. The predicted octanol–water partition coefficient (Wildman–Crippen LogP) is 4.77. The number of halogens is 2. The Hall–Kier alpha value is -1.81. The molecular weight excluding hydrogens is 308 g/mol. The lowest BCUT2D eigenvalue weighted by Crippen LogP contribution is -2.44. The highest BCUT2D eigenvalue weighted by molar-refractivity contribution is 6.04. The van der Waals surface area contributed by atoms with Gasteiger partial charge in [0.2, 0.25) is 0 Å². The van der Waals surface area contributed by atoms with Crippen LogP contribution in [0.2, 0.25) is 0 Å². The van der Waals surface area contributed by atoms with E-state index in [9.17, 15) is 13.6 Å². The maximum Gasteiger partial charge on any atom is 0.173 e. The number of nitrogens with one attached hydrogen (secondary N) is 1. The molecule has 1 atom stereocenters. The molecule has 2 aliphatic rings. The Morgan fingerprint density at radius 3 is 2.54 bits per heavy atom. The summed E-state index contributed by atoms with van der Waals surface area (Å²) in [5, 5.41) is 3.25. The quantitative estimate of drug-likeness (QED) is 0.579. The summed E-state index contributed by atoms with van der Waals surface area (Å²) in [6, 6.07) is 0. The Morgan fingerprint density at radius 2 is 2.04 bits per heavy atom. The topological polar surface area (TPSA) is 29.1 Å². The van der Waals surface area contributed by atoms with E-state index >= 15 is 0 Å². The van der Waals surface area contributed by atoms with Crippen LogP contribution in [0.4, 0.5) is 8.78 Å². The third-order valence-corrected chi connectivity index (χ3v) is 4.32. The lowest BCUT2D eigenvalue weighted by Gasteiger charge is -2.38. The first kappa shape index (κ1) is 20.2. The fraction of sp³-hybridized carbons (Fsp3) is 0.450. The number of hydrogen-bond donors (Lipinski definition) is 1. The van der Waals surface area contributed by atoms with E-state index in [1.54, 1.807) is 6.08 Å². The van der Waals surface area contributed by atoms with Crippen LogP contribution in [0.5, 0.6) is 0 Å². The molecule has 2 nitrogen and oxygen atoms in total. The van der Waals surface area contributed by atoms with Crippen LogP contribution in [-0.4, -0.2) is 25.0 Å². The van der Waals surface area contributed by atoms with Gasteiger partial charge in [-0.3, -0.25) is 4.79 Å². The molecule has 0 aromatic heterocycles. The van der Waals surface area contributed by atoms with Crippen molar-refractivity contribution in [2.75, 3.05) is 13.1 Å². The molecule has 1 heterocycles. The van der Waals surface area contributed by atoms with Crippen LogP contribution < -0.4 is 5.32 Å². The van der Waals surface area contributed by atoms with Crippen LogP contribution in [0.25, 0.3) is 0 Å². The summed E-state index contributed by atoms with van der Waals surface area (Å²) in [6.45, 7) is 9.10. The van der Waals surface area contributed by atoms with Crippen molar-refractivity contribution in [2.24, 2.45) is 5.41 Å². The molecular formula is C20H27F2NO. The summed E-state index contributed by atoms with van der Waals surface area (Å²) in [4.78, 5) is 13.0. The monoisotopic (exact) mass is 335 g/mol. The number of alkyl halides is 1. The number of Topliss-reactive ketones (excluding diaryl/α,β-unsaturated/α-hetero) is 1. The average molecular weight is 335 g/mol. The molecule has 132 valence electrons. The molecule has 0 bridgehead atoms. The molecule has 0 aromatic carbocycles. The largest absolute Gasteiger partial charge is 0.317 e. The molecule has 0 radical (unpaired) electrons.